The van der Waals surface area contributed by atoms with Crippen LogP contribution in [-0.4, -0.2) is 196 Å². The van der Waals surface area contributed by atoms with Crippen LogP contribution in [0.15, 0.2) is 277 Å². The minimum absolute atomic E-state index is 0.103. The van der Waals surface area contributed by atoms with Gasteiger partial charge < -0.3 is 85.5 Å². The van der Waals surface area contributed by atoms with Gasteiger partial charge in [0.25, 0.3) is 0 Å². The topological polar surface area (TPSA) is 292 Å². The Kier molecular flexibility index (Phi) is 26.4. The standard InChI is InChI=1S/C23H21F3N4O2.C22H19F3N4O2.C21H17F3N4O2.C19H18N4O2S.C18H16ClN3O2/c1-13-10-30(11-14(2)27-13)17-4-3-15-7-18(22(31)32-20(15)9-17)19-12-29-6-5-16(23(24,25)26)8-21(29)28-19;1-27-6-8-28(9-7-27)16-3-2-14-10-17(21(30)31-19(14)12-16)18-13-29-5-4-15(22(23,24)25)11-20(29)26-18;22-21(23,24)14-3-6-28-12-17(26-19(28)10-14)16-9-13-1-2-15(11-18(13)30-20(16)29)27-7-4-25-5-8-27;1-21-4-6-22(7-5-21)14-3-2-13-10-15(18(24)25-17(13)11-14)16-12-23-8-9-26-19(23)20-16;19-13-2-4-16(21-11-13)15-9-12-1-3-14(10-17(12)24-18(15)23)22-7-5-20-6-8-22/h3-9,12-14,27H,10-11H2,1-2H3;2-5,10-13H,6-9H2,1H3;1-3,6,9-12,25H,4-5,7-8H2;2-3,8-12H,4-7H2,1H3;1-4,9-11,20H,5-8H2/t13-,14+;;;;. The number of aromatic nitrogens is 9. The van der Waals surface area contributed by atoms with E-state index in [9.17, 15) is 63.5 Å². The Labute approximate surface area is 815 Å². The zero-order chi connectivity index (χ0) is 99.4. The maximum Gasteiger partial charge on any atom is 0.416 e. The van der Waals surface area contributed by atoms with Gasteiger partial charge in [-0.1, -0.05) is 11.6 Å². The van der Waals surface area contributed by atoms with E-state index in [2.05, 4.69) is 115 Å². The first-order chi connectivity index (χ1) is 68.7. The number of likely N-dealkylation sites (N-methyl/N-ethyl adjacent to an activating group) is 2. The highest BCUT2D eigenvalue weighted by Gasteiger charge is 2.35. The Morgan fingerprint density at radius 3 is 0.951 bits per heavy atom. The van der Waals surface area contributed by atoms with Crippen molar-refractivity contribution in [1.82, 2.24) is 68.3 Å². The first-order valence-electron chi connectivity index (χ1n) is 46.1. The molecule has 0 spiro atoms. The van der Waals surface area contributed by atoms with Gasteiger partial charge in [-0.05, 0) is 167 Å². The number of imidazole rings is 4. The molecule has 24 rings (SSSR count). The summed E-state index contributed by atoms with van der Waals surface area (Å²) in [4.78, 5) is 101. The molecule has 5 saturated heterocycles. The molecule has 0 unspecified atom stereocenters. The van der Waals surface area contributed by atoms with Gasteiger partial charge in [0, 0.05) is 277 Å². The molecule has 5 aliphatic heterocycles. The van der Waals surface area contributed by atoms with E-state index in [1.165, 1.54) is 56.6 Å². The minimum Gasteiger partial charge on any atom is -0.422 e. The van der Waals surface area contributed by atoms with Crippen LogP contribution in [0.1, 0.15) is 30.5 Å². The Morgan fingerprint density at radius 2 is 0.643 bits per heavy atom. The first-order valence-corrected chi connectivity index (χ1v) is 47.4. The number of piperazine rings is 5. The predicted molar refractivity (Wildman–Crippen MR) is 534 cm³/mol. The molecule has 0 amide bonds. The van der Waals surface area contributed by atoms with Crippen molar-refractivity contribution in [3.05, 3.63) is 305 Å². The molecule has 0 radical (unpaired) electrons. The lowest BCUT2D eigenvalue weighted by Crippen LogP contribution is -2.54. The molecular weight excluding hydrogens is 1900 g/mol. The molecule has 5 aromatic carbocycles. The summed E-state index contributed by atoms with van der Waals surface area (Å²) in [5.41, 5.74) is 6.69. The van der Waals surface area contributed by atoms with E-state index in [0.29, 0.717) is 72.9 Å². The van der Waals surface area contributed by atoms with Gasteiger partial charge >= 0.3 is 46.7 Å². The van der Waals surface area contributed by atoms with Crippen molar-refractivity contribution in [2.45, 2.75) is 44.5 Å². The Bertz CT molecular complexity index is 8290. The smallest absolute Gasteiger partial charge is 0.416 e. The third-order valence-corrected chi connectivity index (χ3v) is 26.8. The SMILES string of the molecule is CN1CCN(c2ccc3cc(-c4cn5ccc(C(F)(F)F)cc5n4)c(=O)oc3c2)CC1.CN1CCN(c2ccc3cc(-c4cn5ccsc5n4)c(=O)oc3c2)CC1.C[C@@H]1CN(c2ccc3cc(-c4cn5ccc(C(F)(F)F)cc5n4)c(=O)oc3c2)C[C@H](C)N1.O=c1oc2cc(N3CCNCC3)ccc2cc1-c1ccc(Cl)cn1.O=c1oc2cc(N3CCNCC3)ccc2cc1-c1cn2ccc(C(F)(F)F)cc2n1. The van der Waals surface area contributed by atoms with Crippen molar-refractivity contribution in [3.63, 3.8) is 0 Å². The number of anilines is 5. The number of nitrogens with zero attached hydrogens (tertiary/aromatic N) is 16. The molecule has 29 nitrogen and oxygen atoms in total. The fraction of sp³-hybridized carbons (Fsp3) is 0.262. The molecule has 0 bridgehead atoms. The monoisotopic (exact) mass is 1990 g/mol. The van der Waals surface area contributed by atoms with Crippen LogP contribution in [0.2, 0.25) is 5.02 Å². The average molecular weight is 1990 g/mol. The summed E-state index contributed by atoms with van der Waals surface area (Å²) < 4.78 is 151. The second-order valence-electron chi connectivity index (χ2n) is 35.8. The summed E-state index contributed by atoms with van der Waals surface area (Å²) in [7, 11) is 4.22. The van der Waals surface area contributed by atoms with E-state index in [0.717, 1.165) is 209 Å². The maximum absolute atomic E-state index is 13.0. The van der Waals surface area contributed by atoms with Gasteiger partial charge in [0.05, 0.1) is 78.0 Å². The molecule has 40 heteroatoms. The number of pyridine rings is 4. The van der Waals surface area contributed by atoms with E-state index in [4.69, 9.17) is 33.7 Å². The van der Waals surface area contributed by atoms with Gasteiger partial charge in [-0.25, -0.2) is 43.9 Å². The van der Waals surface area contributed by atoms with Crippen molar-refractivity contribution < 1.29 is 61.6 Å². The quantitative estimate of drug-likeness (QED) is 0.0846. The zero-order valence-corrected chi connectivity index (χ0v) is 78.8. The second-order valence-corrected chi connectivity index (χ2v) is 37.1. The summed E-state index contributed by atoms with van der Waals surface area (Å²) in [6, 6.07) is 47.8. The van der Waals surface area contributed by atoms with Crippen molar-refractivity contribution in [2.24, 2.45) is 0 Å². The van der Waals surface area contributed by atoms with Gasteiger partial charge in [-0.3, -0.25) is 9.38 Å². The minimum atomic E-state index is -4.46. The van der Waals surface area contributed by atoms with Gasteiger partial charge in [-0.2, -0.15) is 39.5 Å². The second kappa shape index (κ2) is 39.5. The fourth-order valence-corrected chi connectivity index (χ4v) is 19.0. The molecule has 5 fully saturated rings. The number of benzene rings is 5. The van der Waals surface area contributed by atoms with E-state index in [1.807, 2.05) is 113 Å². The lowest BCUT2D eigenvalue weighted by atomic mass is 10.1. The lowest BCUT2D eigenvalue weighted by Gasteiger charge is -2.37. The highest BCUT2D eigenvalue weighted by atomic mass is 35.5. The van der Waals surface area contributed by atoms with E-state index in [1.54, 1.807) is 41.7 Å². The average Bonchev–Trinajstić information content (AvgIpc) is 1.68. The Balaban J connectivity index is 0.000000110. The maximum atomic E-state index is 13.0. The van der Waals surface area contributed by atoms with Crippen LogP contribution < -0.4 is 68.6 Å². The number of alkyl halides is 9. The predicted octanol–water partition coefficient (Wildman–Crippen LogP) is 17.6. The van der Waals surface area contributed by atoms with Crippen molar-refractivity contribution in [1.29, 1.82) is 0 Å². The van der Waals surface area contributed by atoms with Gasteiger partial charge in [0.15, 0.2) is 4.96 Å². The molecule has 5 aliphatic rings. The van der Waals surface area contributed by atoms with Crippen LogP contribution in [-0.2, 0) is 18.5 Å². The fourth-order valence-electron chi connectivity index (χ4n) is 18.1. The molecule has 2 atom stereocenters. The molecule has 19 aromatic rings. The molecule has 734 valence electrons. The number of halogens is 10. The molecule has 19 heterocycles. The van der Waals surface area contributed by atoms with Crippen LogP contribution in [0.25, 0.3) is 133 Å². The Hall–Kier alpha value is -15.0. The molecule has 14 aromatic heterocycles. The number of nitrogens with one attached hydrogen (secondary N) is 3. The lowest BCUT2D eigenvalue weighted by molar-refractivity contribution is -0.138. The summed E-state index contributed by atoms with van der Waals surface area (Å²) >= 11 is 7.39. The third kappa shape index (κ3) is 21.1. The van der Waals surface area contributed by atoms with Crippen LogP contribution in [0, 0.1) is 0 Å². The van der Waals surface area contributed by atoms with Gasteiger partial charge in [0.2, 0.25) is 0 Å². The number of rotatable bonds is 10. The van der Waals surface area contributed by atoms with E-state index in [-0.39, 0.29) is 56.3 Å². The highest BCUT2D eigenvalue weighted by Crippen LogP contribution is 2.38. The normalized spacial score (nSPS) is 16.4. The largest absolute Gasteiger partial charge is 0.422 e. The number of thiazole rings is 1. The third-order valence-electron chi connectivity index (χ3n) is 25.8. The molecule has 143 heavy (non-hydrogen) atoms. The zero-order valence-electron chi connectivity index (χ0n) is 77.2. The summed E-state index contributed by atoms with van der Waals surface area (Å²) in [5.74, 6) is 0. The van der Waals surface area contributed by atoms with Crippen LogP contribution in [0.5, 0.6) is 0 Å². The number of hydrogen-bond acceptors (Lipinski definition) is 26. The van der Waals surface area contributed by atoms with Crippen LogP contribution in [0.4, 0.5) is 68.0 Å². The van der Waals surface area contributed by atoms with Crippen molar-refractivity contribution >= 4 is 128 Å². The Morgan fingerprint density at radius 1 is 0.343 bits per heavy atom. The molecule has 0 aliphatic carbocycles. The number of fused-ring (bicyclic) bond motifs is 9. The van der Waals surface area contributed by atoms with E-state index >= 15 is 0 Å². The van der Waals surface area contributed by atoms with Crippen LogP contribution in [0.3, 0.4) is 0 Å². The molecule has 0 saturated carbocycles. The molecule has 3 N–H and O–H groups in total. The van der Waals surface area contributed by atoms with E-state index < -0.39 is 57.7 Å². The van der Waals surface area contributed by atoms with Crippen molar-refractivity contribution in [2.75, 3.05) is 156 Å². The summed E-state index contributed by atoms with van der Waals surface area (Å²) in [6.45, 7) is 21.1. The molecular formula is C103H91ClF9N19O10S. The number of hydrogen-bond donors (Lipinski definition) is 3. The summed E-state index contributed by atoms with van der Waals surface area (Å²) in [6.07, 6.45) is 0.316. The van der Waals surface area contributed by atoms with Gasteiger partial charge in [-0.15, -0.1) is 11.3 Å². The summed E-state index contributed by atoms with van der Waals surface area (Å²) in [5, 5.41) is 16.6. The van der Waals surface area contributed by atoms with Crippen molar-refractivity contribution in [3.8, 4) is 56.3 Å². The highest BCUT2D eigenvalue weighted by molar-refractivity contribution is 7.15. The van der Waals surface area contributed by atoms with Gasteiger partial charge in [0.1, 0.15) is 44.9 Å². The first kappa shape index (κ1) is 95.5. The van der Waals surface area contributed by atoms with Crippen LogP contribution >= 0.6 is 22.9 Å².